The normalized spacial score (nSPS) is 40.3. The Kier molecular flexibility index (Phi) is 3.91. The average Bonchev–Trinajstić information content (AvgIpc) is 2.97. The fourth-order valence-electron chi connectivity index (χ4n) is 3.71. The zero-order chi connectivity index (χ0) is 11.7. The van der Waals surface area contributed by atoms with Crippen LogP contribution < -0.4 is 5.73 Å². The van der Waals surface area contributed by atoms with E-state index in [9.17, 15) is 0 Å². The lowest BCUT2D eigenvalue weighted by Crippen LogP contribution is -2.55. The van der Waals surface area contributed by atoms with Crippen LogP contribution in [0.25, 0.3) is 0 Å². The van der Waals surface area contributed by atoms with Crippen LogP contribution in [-0.4, -0.2) is 29.6 Å². The Balaban J connectivity index is 2.03. The van der Waals surface area contributed by atoms with E-state index in [2.05, 4.69) is 25.7 Å². The molecule has 2 heteroatoms. The molecule has 4 unspecified atom stereocenters. The van der Waals surface area contributed by atoms with Gasteiger partial charge in [-0.05, 0) is 50.5 Å². The SMILES string of the molecule is CCCN(C1CC1)C1C(C)CC(C)CC1N. The molecule has 94 valence electrons. The van der Waals surface area contributed by atoms with E-state index in [0.717, 1.165) is 17.9 Å². The van der Waals surface area contributed by atoms with Crippen LogP contribution in [0.3, 0.4) is 0 Å². The predicted octanol–water partition coefficient (Wildman–Crippen LogP) is 2.62. The third kappa shape index (κ3) is 2.60. The Morgan fingerprint density at radius 1 is 1.19 bits per heavy atom. The van der Waals surface area contributed by atoms with E-state index < -0.39 is 0 Å². The lowest BCUT2D eigenvalue weighted by molar-refractivity contribution is 0.0687. The van der Waals surface area contributed by atoms with Gasteiger partial charge < -0.3 is 5.73 Å². The van der Waals surface area contributed by atoms with E-state index in [4.69, 9.17) is 5.73 Å². The molecule has 2 aliphatic carbocycles. The lowest BCUT2D eigenvalue weighted by Gasteiger charge is -2.44. The Bertz CT molecular complexity index is 213. The highest BCUT2D eigenvalue weighted by Crippen LogP contribution is 2.37. The molecule has 0 radical (unpaired) electrons. The minimum Gasteiger partial charge on any atom is -0.326 e. The first-order valence-corrected chi connectivity index (χ1v) is 7.14. The minimum absolute atomic E-state index is 0.408. The summed E-state index contributed by atoms with van der Waals surface area (Å²) in [5, 5.41) is 0. The van der Waals surface area contributed by atoms with Crippen molar-refractivity contribution in [3.63, 3.8) is 0 Å². The monoisotopic (exact) mass is 224 g/mol. The maximum absolute atomic E-state index is 6.41. The van der Waals surface area contributed by atoms with Crippen LogP contribution >= 0.6 is 0 Å². The van der Waals surface area contributed by atoms with Gasteiger partial charge in [0.25, 0.3) is 0 Å². The molecule has 0 saturated heterocycles. The van der Waals surface area contributed by atoms with Gasteiger partial charge in [-0.25, -0.2) is 0 Å². The molecular weight excluding hydrogens is 196 g/mol. The highest BCUT2D eigenvalue weighted by molar-refractivity contribution is 4.97. The molecule has 16 heavy (non-hydrogen) atoms. The molecule has 0 bridgehead atoms. The van der Waals surface area contributed by atoms with E-state index >= 15 is 0 Å². The highest BCUT2D eigenvalue weighted by Gasteiger charge is 2.41. The maximum Gasteiger partial charge on any atom is 0.0275 e. The predicted molar refractivity (Wildman–Crippen MR) is 69.3 cm³/mol. The van der Waals surface area contributed by atoms with Gasteiger partial charge in [0, 0.05) is 18.1 Å². The second kappa shape index (κ2) is 5.05. The molecule has 2 N–H and O–H groups in total. The third-order valence-corrected chi connectivity index (χ3v) is 4.35. The smallest absolute Gasteiger partial charge is 0.0275 e. The molecule has 2 nitrogen and oxygen atoms in total. The summed E-state index contributed by atoms with van der Waals surface area (Å²) in [4.78, 5) is 2.74. The summed E-state index contributed by atoms with van der Waals surface area (Å²) in [6, 6.07) is 1.93. The van der Waals surface area contributed by atoms with Gasteiger partial charge >= 0.3 is 0 Å². The summed E-state index contributed by atoms with van der Waals surface area (Å²) >= 11 is 0. The van der Waals surface area contributed by atoms with Crippen LogP contribution in [0.1, 0.15) is 52.9 Å². The van der Waals surface area contributed by atoms with Crippen molar-refractivity contribution in [2.75, 3.05) is 6.54 Å². The first kappa shape index (κ1) is 12.4. The van der Waals surface area contributed by atoms with Crippen LogP contribution in [0.4, 0.5) is 0 Å². The fraction of sp³-hybridized carbons (Fsp3) is 1.00. The average molecular weight is 224 g/mol. The topological polar surface area (TPSA) is 29.3 Å². The molecule has 4 atom stereocenters. The summed E-state index contributed by atoms with van der Waals surface area (Å²) in [5.41, 5.74) is 6.41. The fourth-order valence-corrected chi connectivity index (χ4v) is 3.71. The first-order chi connectivity index (χ1) is 7.63. The minimum atomic E-state index is 0.408. The third-order valence-electron chi connectivity index (χ3n) is 4.35. The number of nitrogens with two attached hydrogens (primary N) is 1. The largest absolute Gasteiger partial charge is 0.326 e. The maximum atomic E-state index is 6.41. The van der Waals surface area contributed by atoms with Crippen LogP contribution in [0.5, 0.6) is 0 Å². The van der Waals surface area contributed by atoms with Crippen molar-refractivity contribution < 1.29 is 0 Å². The van der Waals surface area contributed by atoms with Gasteiger partial charge in [0.05, 0.1) is 0 Å². The summed E-state index contributed by atoms with van der Waals surface area (Å²) in [7, 11) is 0. The van der Waals surface area contributed by atoms with Crippen molar-refractivity contribution in [1.82, 2.24) is 4.90 Å². The van der Waals surface area contributed by atoms with E-state index in [1.165, 1.54) is 38.6 Å². The summed E-state index contributed by atoms with van der Waals surface area (Å²) < 4.78 is 0. The molecule has 0 aromatic heterocycles. The zero-order valence-corrected chi connectivity index (χ0v) is 11.2. The first-order valence-electron chi connectivity index (χ1n) is 7.14. The molecule has 0 amide bonds. The molecule has 0 aromatic carbocycles. The Morgan fingerprint density at radius 2 is 1.88 bits per heavy atom. The van der Waals surface area contributed by atoms with Gasteiger partial charge in [0.1, 0.15) is 0 Å². The van der Waals surface area contributed by atoms with Crippen LogP contribution in [0.15, 0.2) is 0 Å². The molecular formula is C14H28N2. The van der Waals surface area contributed by atoms with Crippen LogP contribution in [0.2, 0.25) is 0 Å². The zero-order valence-electron chi connectivity index (χ0n) is 11.2. The van der Waals surface area contributed by atoms with Gasteiger partial charge in [-0.1, -0.05) is 20.8 Å². The summed E-state index contributed by atoms with van der Waals surface area (Å²) in [5.74, 6) is 1.61. The van der Waals surface area contributed by atoms with Crippen LogP contribution in [-0.2, 0) is 0 Å². The Morgan fingerprint density at radius 3 is 2.38 bits per heavy atom. The molecule has 2 saturated carbocycles. The number of hydrogen-bond acceptors (Lipinski definition) is 2. The lowest BCUT2D eigenvalue weighted by atomic mass is 9.76. The van der Waals surface area contributed by atoms with Gasteiger partial charge in [-0.15, -0.1) is 0 Å². The van der Waals surface area contributed by atoms with E-state index in [0.29, 0.717) is 12.1 Å². The van der Waals surface area contributed by atoms with Crippen LogP contribution in [0, 0.1) is 11.8 Å². The second-order valence-electron chi connectivity index (χ2n) is 6.18. The van der Waals surface area contributed by atoms with Crippen molar-refractivity contribution in [3.8, 4) is 0 Å². The number of nitrogens with zero attached hydrogens (tertiary/aromatic N) is 1. The summed E-state index contributed by atoms with van der Waals surface area (Å²) in [6.07, 6.45) is 6.67. The number of hydrogen-bond donors (Lipinski definition) is 1. The van der Waals surface area contributed by atoms with E-state index in [-0.39, 0.29) is 0 Å². The van der Waals surface area contributed by atoms with Gasteiger partial charge in [0.2, 0.25) is 0 Å². The molecule has 2 fully saturated rings. The van der Waals surface area contributed by atoms with Crippen molar-refractivity contribution in [1.29, 1.82) is 0 Å². The van der Waals surface area contributed by atoms with Crippen molar-refractivity contribution >= 4 is 0 Å². The van der Waals surface area contributed by atoms with Crippen molar-refractivity contribution in [2.24, 2.45) is 17.6 Å². The van der Waals surface area contributed by atoms with E-state index in [1.807, 2.05) is 0 Å². The highest BCUT2D eigenvalue weighted by atomic mass is 15.2. The van der Waals surface area contributed by atoms with Gasteiger partial charge in [0.15, 0.2) is 0 Å². The molecule has 0 spiro atoms. The Labute approximate surface area is 101 Å². The Hall–Kier alpha value is -0.0800. The molecule has 0 aromatic rings. The van der Waals surface area contributed by atoms with Gasteiger partial charge in [-0.2, -0.15) is 0 Å². The molecule has 0 aliphatic heterocycles. The quantitative estimate of drug-likeness (QED) is 0.795. The van der Waals surface area contributed by atoms with Crippen molar-refractivity contribution in [3.05, 3.63) is 0 Å². The van der Waals surface area contributed by atoms with Crippen molar-refractivity contribution in [2.45, 2.75) is 71.0 Å². The molecule has 0 heterocycles. The summed E-state index contributed by atoms with van der Waals surface area (Å²) in [6.45, 7) is 8.30. The molecule has 2 aliphatic rings. The second-order valence-corrected chi connectivity index (χ2v) is 6.18. The molecule has 2 rings (SSSR count). The van der Waals surface area contributed by atoms with Gasteiger partial charge in [-0.3, -0.25) is 4.90 Å². The number of rotatable bonds is 4. The van der Waals surface area contributed by atoms with E-state index in [1.54, 1.807) is 0 Å². The standard InChI is InChI=1S/C14H28N2/c1-4-7-16(12-5-6-12)14-11(3)8-10(2)9-13(14)15/h10-14H,4-9,15H2,1-3H3.